The van der Waals surface area contributed by atoms with Gasteiger partial charge in [0.1, 0.15) is 11.5 Å². The van der Waals surface area contributed by atoms with Crippen molar-refractivity contribution in [3.8, 4) is 11.5 Å². The molecule has 0 saturated heterocycles. The van der Waals surface area contributed by atoms with Crippen LogP contribution in [0.3, 0.4) is 0 Å². The summed E-state index contributed by atoms with van der Waals surface area (Å²) in [5.74, 6) is 1.83. The molecule has 0 aliphatic heterocycles. The Kier molecular flexibility index (Phi) is 9.37. The summed E-state index contributed by atoms with van der Waals surface area (Å²) >= 11 is 0. The molecule has 0 unspecified atom stereocenters. The summed E-state index contributed by atoms with van der Waals surface area (Å²) in [6, 6.07) is 13.1. The number of para-hydroxylation sites is 2. The average Bonchev–Trinajstić information content (AvgIpc) is 2.77. The van der Waals surface area contributed by atoms with Gasteiger partial charge in [-0.15, -0.1) is 0 Å². The van der Waals surface area contributed by atoms with Gasteiger partial charge in [0.2, 0.25) is 0 Å². The molecule has 0 aromatic heterocycles. The van der Waals surface area contributed by atoms with Crippen molar-refractivity contribution >= 4 is 8.60 Å². The molecule has 2 aromatic rings. The molecule has 0 radical (unpaired) electrons. The fourth-order valence-electron chi connectivity index (χ4n) is 5.14. The van der Waals surface area contributed by atoms with Crippen LogP contribution in [0.2, 0.25) is 0 Å². The van der Waals surface area contributed by atoms with E-state index in [-0.39, 0.29) is 27.8 Å². The van der Waals surface area contributed by atoms with Gasteiger partial charge in [-0.1, -0.05) is 139 Å². The Balaban J connectivity index is 2.16. The van der Waals surface area contributed by atoms with Gasteiger partial charge >= 0.3 is 8.60 Å². The molecule has 0 N–H and O–H groups in total. The van der Waals surface area contributed by atoms with Gasteiger partial charge in [0.05, 0.1) is 6.10 Å². The second-order valence-corrected chi connectivity index (χ2v) is 16.2. The van der Waals surface area contributed by atoms with Crippen LogP contribution < -0.4 is 9.05 Å². The van der Waals surface area contributed by atoms with E-state index < -0.39 is 8.60 Å². The molecule has 1 saturated carbocycles. The summed E-state index contributed by atoms with van der Waals surface area (Å²) in [6.07, 6.45) is 5.96. The van der Waals surface area contributed by atoms with Gasteiger partial charge < -0.3 is 9.05 Å². The topological polar surface area (TPSA) is 27.7 Å². The summed E-state index contributed by atoms with van der Waals surface area (Å²) in [4.78, 5) is 0. The van der Waals surface area contributed by atoms with Crippen molar-refractivity contribution in [2.45, 2.75) is 143 Å². The zero-order valence-corrected chi connectivity index (χ0v) is 27.1. The monoisotopic (exact) mass is 540 g/mol. The predicted molar refractivity (Wildman–Crippen MR) is 164 cm³/mol. The normalized spacial score (nSPS) is 16.1. The fourth-order valence-corrected chi connectivity index (χ4v) is 6.41. The third-order valence-corrected chi connectivity index (χ3v) is 8.51. The quantitative estimate of drug-likeness (QED) is 0.341. The summed E-state index contributed by atoms with van der Waals surface area (Å²) in [5.41, 5.74) is 4.43. The molecule has 1 fully saturated rings. The first-order chi connectivity index (χ1) is 17.4. The number of hydrogen-bond donors (Lipinski definition) is 0. The lowest BCUT2D eigenvalue weighted by Crippen LogP contribution is -2.22. The van der Waals surface area contributed by atoms with Crippen LogP contribution in [0.4, 0.5) is 0 Å². The number of hydrogen-bond acceptors (Lipinski definition) is 3. The summed E-state index contributed by atoms with van der Waals surface area (Å²) in [5, 5.41) is 0. The van der Waals surface area contributed by atoms with Crippen LogP contribution in [-0.4, -0.2) is 6.10 Å². The van der Waals surface area contributed by atoms with E-state index in [0.29, 0.717) is 0 Å². The highest BCUT2D eigenvalue weighted by atomic mass is 31.2. The summed E-state index contributed by atoms with van der Waals surface area (Å²) in [6.45, 7) is 27.0. The summed E-state index contributed by atoms with van der Waals surface area (Å²) < 4.78 is 20.8. The minimum atomic E-state index is -1.69. The standard InChI is InChI=1S/C34H53O3P/c1-31(2,3)25-20-16-21-26(32(4,5)6)29(25)36-38(35-24-18-14-13-15-19-24)37-30-27(33(7,8)9)22-17-23-28(30)34(10,11)12/h16-17,20-24H,13-15,18-19H2,1-12H3. The molecular weight excluding hydrogens is 487 g/mol. The van der Waals surface area contributed by atoms with Gasteiger partial charge in [-0.2, -0.15) is 0 Å². The van der Waals surface area contributed by atoms with Crippen LogP contribution in [0, 0.1) is 0 Å². The van der Waals surface area contributed by atoms with E-state index in [4.69, 9.17) is 13.6 Å². The first-order valence-corrected chi connectivity index (χ1v) is 15.6. The van der Waals surface area contributed by atoms with Crippen LogP contribution in [0.5, 0.6) is 11.5 Å². The highest BCUT2D eigenvalue weighted by Gasteiger charge is 2.35. The Morgan fingerprint density at radius 2 is 0.842 bits per heavy atom. The molecule has 0 amide bonds. The zero-order chi connectivity index (χ0) is 28.5. The van der Waals surface area contributed by atoms with Crippen LogP contribution in [0.1, 0.15) is 137 Å². The fraction of sp³-hybridized carbons (Fsp3) is 0.647. The second-order valence-electron chi connectivity index (χ2n) is 15.1. The van der Waals surface area contributed by atoms with E-state index in [1.807, 2.05) is 0 Å². The van der Waals surface area contributed by atoms with Crippen LogP contribution in [0.25, 0.3) is 0 Å². The molecule has 4 heteroatoms. The third kappa shape index (κ3) is 7.76. The lowest BCUT2D eigenvalue weighted by Gasteiger charge is -2.34. The molecule has 0 spiro atoms. The molecule has 212 valence electrons. The Morgan fingerprint density at radius 1 is 0.526 bits per heavy atom. The molecule has 0 atom stereocenters. The number of rotatable bonds is 6. The maximum Gasteiger partial charge on any atom is 0.463 e. The Morgan fingerprint density at radius 3 is 1.13 bits per heavy atom. The smallest absolute Gasteiger partial charge is 0.417 e. The largest absolute Gasteiger partial charge is 0.463 e. The zero-order valence-electron chi connectivity index (χ0n) is 26.2. The molecule has 1 aliphatic carbocycles. The van der Waals surface area contributed by atoms with Gasteiger partial charge in [0, 0.05) is 22.3 Å². The minimum Gasteiger partial charge on any atom is -0.417 e. The SMILES string of the molecule is CC(C)(C)c1cccc(C(C)(C)C)c1OP(Oc1c(C(C)(C)C)cccc1C(C)(C)C)OC1CCCCC1. The highest BCUT2D eigenvalue weighted by Crippen LogP contribution is 2.52. The van der Waals surface area contributed by atoms with E-state index in [1.165, 1.54) is 41.5 Å². The third-order valence-electron chi connectivity index (χ3n) is 7.38. The van der Waals surface area contributed by atoms with Crippen molar-refractivity contribution in [3.05, 3.63) is 58.7 Å². The number of benzene rings is 2. The van der Waals surface area contributed by atoms with Crippen molar-refractivity contribution in [1.29, 1.82) is 0 Å². The average molecular weight is 541 g/mol. The van der Waals surface area contributed by atoms with Gasteiger partial charge in [0.25, 0.3) is 0 Å². The first kappa shape index (κ1) is 31.0. The lowest BCUT2D eigenvalue weighted by atomic mass is 9.79. The van der Waals surface area contributed by atoms with E-state index in [2.05, 4.69) is 119 Å². The van der Waals surface area contributed by atoms with Gasteiger partial charge in [-0.3, -0.25) is 4.52 Å². The lowest BCUT2D eigenvalue weighted by molar-refractivity contribution is 0.137. The molecule has 3 nitrogen and oxygen atoms in total. The maximum atomic E-state index is 6.99. The van der Waals surface area contributed by atoms with Crippen molar-refractivity contribution in [2.24, 2.45) is 0 Å². The van der Waals surface area contributed by atoms with Crippen LogP contribution in [-0.2, 0) is 26.2 Å². The minimum absolute atomic E-state index is 0.0810. The van der Waals surface area contributed by atoms with Gasteiger partial charge in [0.15, 0.2) is 0 Å². The van der Waals surface area contributed by atoms with E-state index in [9.17, 15) is 0 Å². The van der Waals surface area contributed by atoms with Gasteiger partial charge in [-0.25, -0.2) is 0 Å². The molecule has 38 heavy (non-hydrogen) atoms. The van der Waals surface area contributed by atoms with E-state index >= 15 is 0 Å². The molecule has 1 aliphatic rings. The van der Waals surface area contributed by atoms with Gasteiger partial charge in [-0.05, 0) is 34.5 Å². The predicted octanol–water partition coefficient (Wildman–Crippen LogP) is 10.9. The summed E-state index contributed by atoms with van der Waals surface area (Å²) in [7, 11) is -1.69. The van der Waals surface area contributed by atoms with Crippen molar-refractivity contribution in [2.75, 3.05) is 0 Å². The van der Waals surface area contributed by atoms with Crippen molar-refractivity contribution < 1.29 is 13.6 Å². The molecule has 3 rings (SSSR count). The second kappa shape index (κ2) is 11.5. The Bertz CT molecular complexity index is 929. The van der Waals surface area contributed by atoms with Crippen molar-refractivity contribution in [1.82, 2.24) is 0 Å². The van der Waals surface area contributed by atoms with Crippen molar-refractivity contribution in [3.63, 3.8) is 0 Å². The maximum absolute atomic E-state index is 6.99. The molecular formula is C34H53O3P. The Labute approximate surface area is 235 Å². The van der Waals surface area contributed by atoms with Crippen LogP contribution >= 0.6 is 8.60 Å². The molecule has 0 heterocycles. The van der Waals surface area contributed by atoms with E-state index in [1.54, 1.807) is 0 Å². The Hall–Kier alpha value is -1.57. The highest BCUT2D eigenvalue weighted by molar-refractivity contribution is 7.42. The first-order valence-electron chi connectivity index (χ1n) is 14.5. The molecule has 2 aromatic carbocycles. The van der Waals surface area contributed by atoms with Crippen LogP contribution in [0.15, 0.2) is 36.4 Å². The van der Waals surface area contributed by atoms with E-state index in [0.717, 1.165) is 24.3 Å². The molecule has 0 bridgehead atoms.